The fraction of sp³-hybridized carbons (Fsp3) is 0.412. The van der Waals surface area contributed by atoms with E-state index in [2.05, 4.69) is 33.0 Å². The molecule has 0 radical (unpaired) electrons. The van der Waals surface area contributed by atoms with E-state index in [1.807, 2.05) is 13.8 Å². The molecule has 3 rings (SSSR count). The summed E-state index contributed by atoms with van der Waals surface area (Å²) in [5.41, 5.74) is 0.218. The first-order chi connectivity index (χ1) is 12.1. The van der Waals surface area contributed by atoms with Crippen LogP contribution in [0.3, 0.4) is 0 Å². The SMILES string of the molecule is Cc1nn(C2(C(=O)Nc3ccc(C(F)(F)F)cc3Cl)CCC2)c(C)c1I. The topological polar surface area (TPSA) is 46.9 Å². The van der Waals surface area contributed by atoms with Gasteiger partial charge in [0.15, 0.2) is 0 Å². The van der Waals surface area contributed by atoms with Gasteiger partial charge in [0, 0.05) is 0 Å². The minimum absolute atomic E-state index is 0.148. The van der Waals surface area contributed by atoms with Crippen molar-refractivity contribution in [1.82, 2.24) is 9.78 Å². The van der Waals surface area contributed by atoms with Gasteiger partial charge >= 0.3 is 6.18 Å². The number of hydrogen-bond donors (Lipinski definition) is 1. The number of aromatic nitrogens is 2. The fourth-order valence-corrected chi connectivity index (χ4v) is 3.68. The Labute approximate surface area is 167 Å². The zero-order chi connectivity index (χ0) is 19.3. The zero-order valence-electron chi connectivity index (χ0n) is 14.0. The minimum Gasteiger partial charge on any atom is -0.323 e. The van der Waals surface area contributed by atoms with Gasteiger partial charge in [0.1, 0.15) is 5.54 Å². The lowest BCUT2D eigenvalue weighted by molar-refractivity contribution is -0.137. The van der Waals surface area contributed by atoms with Crippen molar-refractivity contribution in [3.8, 4) is 0 Å². The number of hydrogen-bond acceptors (Lipinski definition) is 2. The molecule has 140 valence electrons. The highest BCUT2D eigenvalue weighted by atomic mass is 127. The molecule has 0 atom stereocenters. The maximum Gasteiger partial charge on any atom is 0.416 e. The Bertz CT molecular complexity index is 875. The van der Waals surface area contributed by atoms with Crippen LogP contribution in [0.2, 0.25) is 5.02 Å². The number of amides is 1. The van der Waals surface area contributed by atoms with Gasteiger partial charge in [0.25, 0.3) is 5.91 Å². The zero-order valence-corrected chi connectivity index (χ0v) is 17.0. The summed E-state index contributed by atoms with van der Waals surface area (Å²) in [6.07, 6.45) is -2.37. The number of carbonyl (C=O) groups is 1. The largest absolute Gasteiger partial charge is 0.416 e. The average Bonchev–Trinajstić information content (AvgIpc) is 2.75. The van der Waals surface area contributed by atoms with Gasteiger partial charge in [-0.25, -0.2) is 0 Å². The van der Waals surface area contributed by atoms with Crippen molar-refractivity contribution in [3.63, 3.8) is 0 Å². The van der Waals surface area contributed by atoms with E-state index in [0.717, 1.165) is 33.5 Å². The second-order valence-corrected chi connectivity index (χ2v) is 7.91. The van der Waals surface area contributed by atoms with E-state index < -0.39 is 17.3 Å². The molecular weight excluding hydrogens is 482 g/mol. The van der Waals surface area contributed by atoms with Crippen LogP contribution < -0.4 is 5.32 Å². The van der Waals surface area contributed by atoms with Gasteiger partial charge in [-0.3, -0.25) is 9.48 Å². The van der Waals surface area contributed by atoms with Gasteiger partial charge < -0.3 is 5.32 Å². The van der Waals surface area contributed by atoms with Crippen molar-refractivity contribution in [1.29, 1.82) is 0 Å². The summed E-state index contributed by atoms with van der Waals surface area (Å²) >= 11 is 8.15. The molecule has 0 spiro atoms. The molecule has 2 aromatic rings. The Morgan fingerprint density at radius 2 is 2.00 bits per heavy atom. The molecule has 1 aliphatic carbocycles. The van der Waals surface area contributed by atoms with E-state index in [9.17, 15) is 18.0 Å². The van der Waals surface area contributed by atoms with Gasteiger partial charge in [-0.15, -0.1) is 0 Å². The quantitative estimate of drug-likeness (QED) is 0.586. The molecule has 0 unspecified atom stereocenters. The third-order valence-corrected chi connectivity index (χ3v) is 6.63. The Kier molecular flexibility index (Phi) is 5.02. The fourth-order valence-electron chi connectivity index (χ4n) is 3.12. The van der Waals surface area contributed by atoms with Crippen LogP contribution in [-0.4, -0.2) is 15.7 Å². The van der Waals surface area contributed by atoms with Crippen LogP contribution in [0.1, 0.15) is 36.2 Å². The molecule has 0 saturated heterocycles. The van der Waals surface area contributed by atoms with Crippen molar-refractivity contribution in [2.24, 2.45) is 0 Å². The van der Waals surface area contributed by atoms with Crippen molar-refractivity contribution < 1.29 is 18.0 Å². The van der Waals surface area contributed by atoms with E-state index in [1.165, 1.54) is 6.07 Å². The number of nitrogens with zero attached hydrogens (tertiary/aromatic N) is 2. The first-order valence-electron chi connectivity index (χ1n) is 7.96. The first kappa shape index (κ1) is 19.5. The van der Waals surface area contributed by atoms with Crippen molar-refractivity contribution in [2.75, 3.05) is 5.32 Å². The van der Waals surface area contributed by atoms with Gasteiger partial charge in [-0.2, -0.15) is 18.3 Å². The summed E-state index contributed by atoms with van der Waals surface area (Å²) in [5, 5.41) is 7.04. The second-order valence-electron chi connectivity index (χ2n) is 6.43. The van der Waals surface area contributed by atoms with E-state index >= 15 is 0 Å². The van der Waals surface area contributed by atoms with Crippen LogP contribution in [0.5, 0.6) is 0 Å². The van der Waals surface area contributed by atoms with Gasteiger partial charge in [0.05, 0.1) is 31.2 Å². The van der Waals surface area contributed by atoms with E-state index in [4.69, 9.17) is 11.6 Å². The van der Waals surface area contributed by atoms with E-state index in [0.29, 0.717) is 12.8 Å². The van der Waals surface area contributed by atoms with E-state index in [1.54, 1.807) is 4.68 Å². The second kappa shape index (κ2) is 6.70. The highest BCUT2D eigenvalue weighted by Crippen LogP contribution is 2.42. The lowest BCUT2D eigenvalue weighted by Gasteiger charge is -2.41. The molecular formula is C17H16ClF3IN3O. The molecule has 1 aromatic heterocycles. The number of nitrogens with one attached hydrogen (secondary N) is 1. The molecule has 1 aromatic carbocycles. The number of alkyl halides is 3. The molecule has 1 N–H and O–H groups in total. The number of rotatable bonds is 3. The van der Waals surface area contributed by atoms with Gasteiger partial charge in [-0.1, -0.05) is 11.6 Å². The van der Waals surface area contributed by atoms with Crippen LogP contribution in [0.4, 0.5) is 18.9 Å². The van der Waals surface area contributed by atoms with Crippen molar-refractivity contribution in [2.45, 2.75) is 44.8 Å². The highest BCUT2D eigenvalue weighted by molar-refractivity contribution is 14.1. The standard InChI is InChI=1S/C17H16ClF3IN3O/c1-9-14(22)10(2)25(24-9)16(6-3-7-16)15(26)23-13-5-4-11(8-12(13)18)17(19,20)21/h4-5,8H,3,6-7H2,1-2H3,(H,23,26). The predicted octanol–water partition coefficient (Wildman–Crippen LogP) is 5.29. The Morgan fingerprint density at radius 3 is 2.42 bits per heavy atom. The Hall–Kier alpha value is -1.29. The lowest BCUT2D eigenvalue weighted by Crippen LogP contribution is -2.51. The number of anilines is 1. The monoisotopic (exact) mass is 497 g/mol. The molecule has 1 saturated carbocycles. The van der Waals surface area contributed by atoms with Crippen molar-refractivity contribution in [3.05, 3.63) is 43.7 Å². The molecule has 9 heteroatoms. The highest BCUT2D eigenvalue weighted by Gasteiger charge is 2.48. The van der Waals surface area contributed by atoms with Crippen LogP contribution in [0.15, 0.2) is 18.2 Å². The molecule has 1 fully saturated rings. The molecule has 26 heavy (non-hydrogen) atoms. The Morgan fingerprint density at radius 1 is 1.35 bits per heavy atom. The molecule has 1 amide bonds. The number of benzene rings is 1. The molecule has 1 aliphatic rings. The molecule has 0 bridgehead atoms. The van der Waals surface area contributed by atoms with E-state index in [-0.39, 0.29) is 16.6 Å². The number of carbonyl (C=O) groups excluding carboxylic acids is 1. The smallest absolute Gasteiger partial charge is 0.323 e. The van der Waals surface area contributed by atoms with Crippen molar-refractivity contribution >= 4 is 45.8 Å². The summed E-state index contributed by atoms with van der Waals surface area (Å²) in [5.74, 6) is -0.313. The van der Waals surface area contributed by atoms with Gasteiger partial charge in [-0.05, 0) is 73.9 Å². The van der Waals surface area contributed by atoms with Crippen LogP contribution >= 0.6 is 34.2 Å². The average molecular weight is 498 g/mol. The van der Waals surface area contributed by atoms with Gasteiger partial charge in [0.2, 0.25) is 0 Å². The third-order valence-electron chi connectivity index (χ3n) is 4.76. The van der Waals surface area contributed by atoms with Crippen LogP contribution in [0.25, 0.3) is 0 Å². The Balaban J connectivity index is 1.90. The lowest BCUT2D eigenvalue weighted by atomic mass is 9.75. The maximum atomic E-state index is 13.0. The summed E-state index contributed by atoms with van der Waals surface area (Å²) in [7, 11) is 0. The first-order valence-corrected chi connectivity index (χ1v) is 9.42. The number of halogens is 5. The predicted molar refractivity (Wildman–Crippen MR) is 101 cm³/mol. The number of aryl methyl sites for hydroxylation is 1. The molecule has 4 nitrogen and oxygen atoms in total. The summed E-state index contributed by atoms with van der Waals surface area (Å²) in [6.45, 7) is 3.78. The summed E-state index contributed by atoms with van der Waals surface area (Å²) in [4.78, 5) is 13.0. The molecule has 1 heterocycles. The summed E-state index contributed by atoms with van der Waals surface area (Å²) < 4.78 is 41.0. The van der Waals surface area contributed by atoms with Crippen LogP contribution in [-0.2, 0) is 16.5 Å². The summed E-state index contributed by atoms with van der Waals surface area (Å²) in [6, 6.07) is 2.90. The molecule has 0 aliphatic heterocycles. The van der Waals surface area contributed by atoms with Crippen LogP contribution in [0, 0.1) is 17.4 Å². The normalized spacial score (nSPS) is 16.3. The third kappa shape index (κ3) is 3.21. The minimum atomic E-state index is -4.48. The maximum absolute atomic E-state index is 13.0.